The highest BCUT2D eigenvalue weighted by Crippen LogP contribution is 2.40. The molecule has 0 aliphatic heterocycles. The van der Waals surface area contributed by atoms with Gasteiger partial charge in [0.25, 0.3) is 17.7 Å². The summed E-state index contributed by atoms with van der Waals surface area (Å²) < 4.78 is 23.6. The lowest BCUT2D eigenvalue weighted by Crippen LogP contribution is -2.37. The van der Waals surface area contributed by atoms with Crippen molar-refractivity contribution in [2.45, 2.75) is 78.0 Å². The zero-order chi connectivity index (χ0) is 85.0. The summed E-state index contributed by atoms with van der Waals surface area (Å²) in [6.07, 6.45) is 8.82. The second-order valence-electron chi connectivity index (χ2n) is 28.6. The number of aromatic nitrogens is 7. The third kappa shape index (κ3) is 22.1. The number of thiophene rings is 2. The lowest BCUT2D eigenvalue weighted by atomic mass is 9.99. The van der Waals surface area contributed by atoms with E-state index >= 15 is 0 Å². The number of fused-ring (bicyclic) bond motifs is 1. The van der Waals surface area contributed by atoms with Crippen LogP contribution in [0.15, 0.2) is 297 Å². The quantitative estimate of drug-likeness (QED) is 0.0340. The number of ether oxygens (including phenoxy) is 3. The SMILES string of the molecule is CC[C@H](COCc1ccccc1)NC(=O)c1cnn(-c2ccc(Cl)cc2Cl)c1-c1cccc(-c2ccc(Cl)s2)c1.CC[C@H](COCc1ccccc1)NC(=O)c1cnn(-c2ccc(Cl)cc2Cl)c1-c1cccc(-c2ccc3[nH]ccc3c2)c1.CC[C@H](COCc1ccccc1)NC(=O)c1cnn(-c2ccc(Cl)cc2Cl)c1-c1cccc(-c2cccs2)c1. The molecule has 0 unspecified atom stereocenters. The number of benzene rings is 10. The molecule has 3 amide bonds. The van der Waals surface area contributed by atoms with Crippen LogP contribution in [-0.2, 0) is 34.0 Å². The van der Waals surface area contributed by atoms with E-state index in [0.717, 1.165) is 82.7 Å². The van der Waals surface area contributed by atoms with Gasteiger partial charge in [0.2, 0.25) is 0 Å². The van der Waals surface area contributed by atoms with Crippen LogP contribution in [0.5, 0.6) is 0 Å². The topological polar surface area (TPSA) is 184 Å². The number of carbonyl (C=O) groups excluding carboxylic acids is 3. The average molecular weight is 1800 g/mol. The Hall–Kier alpha value is -10.9. The van der Waals surface area contributed by atoms with Crippen LogP contribution in [0.3, 0.4) is 0 Å². The van der Waals surface area contributed by atoms with E-state index in [1.54, 1.807) is 98.6 Å². The largest absolute Gasteiger partial charge is 0.375 e. The molecule has 0 saturated heterocycles. The van der Waals surface area contributed by atoms with E-state index in [1.165, 1.54) is 11.3 Å². The van der Waals surface area contributed by atoms with E-state index in [2.05, 4.69) is 90.8 Å². The molecule has 0 spiro atoms. The van der Waals surface area contributed by atoms with Crippen molar-refractivity contribution in [3.05, 3.63) is 365 Å². The molecular formula is C97H83Cl7N10O6S2. The second kappa shape index (κ2) is 42.3. The Morgan fingerprint density at radius 1 is 0.377 bits per heavy atom. The van der Waals surface area contributed by atoms with Gasteiger partial charge in [0, 0.05) is 53.2 Å². The number of halogens is 7. The molecular weight excluding hydrogens is 1710 g/mol. The molecule has 0 aliphatic carbocycles. The summed E-state index contributed by atoms with van der Waals surface area (Å²) in [5.74, 6) is -0.704. The minimum absolute atomic E-state index is 0.158. The number of rotatable bonds is 30. The number of carbonyl (C=O) groups is 3. The van der Waals surface area contributed by atoms with Crippen molar-refractivity contribution >= 4 is 133 Å². The highest BCUT2D eigenvalue weighted by molar-refractivity contribution is 7.19. The fraction of sp³-hybridized carbons (Fsp3) is 0.155. The van der Waals surface area contributed by atoms with E-state index in [-0.39, 0.29) is 35.8 Å². The number of amides is 3. The van der Waals surface area contributed by atoms with Crippen molar-refractivity contribution in [2.24, 2.45) is 0 Å². The first kappa shape index (κ1) is 87.4. The zero-order valence-corrected chi connectivity index (χ0v) is 73.4. The standard InChI is InChI=1S/C35H30Cl2N4O2.C31H26Cl3N3O2S.C31H27Cl2N3O2S/c1-2-29(22-43-21-23-7-4-3-5-8-23)40-35(42)30-20-39-41(33-14-12-28(36)19-31(33)37)34(30)27-10-6-9-24(18-27)25-11-13-32-26(17-25)15-16-38-32;1-2-24(19-39-18-20-7-4-3-5-8-20)36-31(38)25-17-35-37(27-12-11-23(32)16-26(27)33)30(25)22-10-6-9-21(15-22)28-13-14-29(34)40-28;1-2-25(20-38-19-21-8-4-3-5-9-21)35-31(37)26-18-34-36(28-14-13-24(32)17-27(28)33)30(26)23-11-6-10-22(16-23)29-12-7-15-39-29/h3-20,29,38H,2,21-22H2,1H3,(H,40,42);3-17,24H,2,18-19H2,1H3,(H,36,38);3-18,25H,2,19-20H2,1H3,(H,35,37)/t29-;24-;25-/m111/s1. The second-order valence-corrected chi connectivity index (χ2v) is 33.8. The minimum Gasteiger partial charge on any atom is -0.375 e. The van der Waals surface area contributed by atoms with E-state index in [1.807, 2.05) is 190 Å². The molecule has 122 heavy (non-hydrogen) atoms. The first-order valence-corrected chi connectivity index (χ1v) is 43.9. The summed E-state index contributed by atoms with van der Waals surface area (Å²) in [5, 5.41) is 29.3. The van der Waals surface area contributed by atoms with Crippen LogP contribution in [0.4, 0.5) is 0 Å². The molecule has 16 rings (SSSR count). The zero-order valence-electron chi connectivity index (χ0n) is 66.5. The summed E-state index contributed by atoms with van der Waals surface area (Å²) >= 11 is 47.7. The summed E-state index contributed by atoms with van der Waals surface area (Å²) in [5.41, 5.74) is 16.0. The van der Waals surface area contributed by atoms with Gasteiger partial charge in [0.1, 0.15) is 0 Å². The fourth-order valence-corrected chi connectivity index (χ4v) is 17.0. The van der Waals surface area contributed by atoms with Crippen molar-refractivity contribution in [1.29, 1.82) is 0 Å². The Morgan fingerprint density at radius 3 is 1.12 bits per heavy atom. The molecule has 16 aromatic rings. The number of H-pyrrole nitrogens is 1. The molecule has 6 heterocycles. The van der Waals surface area contributed by atoms with Crippen LogP contribution in [-0.4, -0.2) is 90.0 Å². The molecule has 0 radical (unpaired) electrons. The Labute approximate surface area is 750 Å². The number of nitrogens with zero attached hydrogens (tertiary/aromatic N) is 6. The highest BCUT2D eigenvalue weighted by atomic mass is 35.5. The van der Waals surface area contributed by atoms with E-state index < -0.39 is 0 Å². The van der Waals surface area contributed by atoms with Crippen LogP contribution in [0.1, 0.15) is 87.8 Å². The third-order valence-corrected chi connectivity index (χ3v) is 24.0. The number of hydrogen-bond acceptors (Lipinski definition) is 11. The summed E-state index contributed by atoms with van der Waals surface area (Å²) in [6.45, 7) is 8.69. The summed E-state index contributed by atoms with van der Waals surface area (Å²) in [7, 11) is 0. The normalized spacial score (nSPS) is 11.9. The molecule has 10 aromatic carbocycles. The number of nitrogens with one attached hydrogen (secondary N) is 4. The van der Waals surface area contributed by atoms with Gasteiger partial charge in [0.05, 0.1) is 147 Å². The predicted molar refractivity (Wildman–Crippen MR) is 499 cm³/mol. The maximum absolute atomic E-state index is 13.8. The maximum Gasteiger partial charge on any atom is 0.255 e. The van der Waals surface area contributed by atoms with E-state index in [9.17, 15) is 14.4 Å². The van der Waals surface area contributed by atoms with Crippen molar-refractivity contribution in [3.63, 3.8) is 0 Å². The van der Waals surface area contributed by atoms with Crippen molar-refractivity contribution in [3.8, 4) is 82.8 Å². The van der Waals surface area contributed by atoms with Crippen molar-refractivity contribution in [2.75, 3.05) is 19.8 Å². The van der Waals surface area contributed by atoms with Crippen LogP contribution in [0.25, 0.3) is 93.7 Å². The maximum atomic E-state index is 13.8. The molecule has 6 aromatic heterocycles. The van der Waals surface area contributed by atoms with Gasteiger partial charge in [0.15, 0.2) is 0 Å². The molecule has 4 N–H and O–H groups in total. The molecule has 25 heteroatoms. The number of aromatic amines is 1. The van der Waals surface area contributed by atoms with Crippen molar-refractivity contribution < 1.29 is 28.6 Å². The Kier molecular flexibility index (Phi) is 30.3. The lowest BCUT2D eigenvalue weighted by Gasteiger charge is -2.18. The summed E-state index contributed by atoms with van der Waals surface area (Å²) in [6, 6.07) is 85.5. The van der Waals surface area contributed by atoms with E-state index in [0.29, 0.717) is 138 Å². The molecule has 3 atom stereocenters. The van der Waals surface area contributed by atoms with Gasteiger partial charge in [-0.05, 0) is 178 Å². The fourth-order valence-electron chi connectivity index (χ4n) is 13.8. The van der Waals surface area contributed by atoms with E-state index in [4.69, 9.17) is 95.4 Å². The molecule has 0 aliphatic rings. The van der Waals surface area contributed by atoms with Gasteiger partial charge in [-0.3, -0.25) is 14.4 Å². The smallest absolute Gasteiger partial charge is 0.255 e. The molecule has 618 valence electrons. The third-order valence-electron chi connectivity index (χ3n) is 20.2. The van der Waals surface area contributed by atoms with Gasteiger partial charge < -0.3 is 35.1 Å². The first-order valence-electron chi connectivity index (χ1n) is 39.5. The molecule has 0 saturated carbocycles. The molecule has 0 fully saturated rings. The van der Waals surface area contributed by atoms with Crippen molar-refractivity contribution in [1.82, 2.24) is 50.3 Å². The highest BCUT2D eigenvalue weighted by Gasteiger charge is 2.28. The Morgan fingerprint density at radius 2 is 0.754 bits per heavy atom. The van der Waals surface area contributed by atoms with Crippen LogP contribution < -0.4 is 16.0 Å². The van der Waals surface area contributed by atoms with Crippen LogP contribution >= 0.6 is 104 Å². The first-order chi connectivity index (χ1) is 59.4. The summed E-state index contributed by atoms with van der Waals surface area (Å²) in [4.78, 5) is 46.6. The van der Waals surface area contributed by atoms with Gasteiger partial charge >= 0.3 is 0 Å². The molecule has 0 bridgehead atoms. The van der Waals surface area contributed by atoms with Gasteiger partial charge in [-0.2, -0.15) is 15.3 Å². The minimum atomic E-state index is -0.244. The van der Waals surface area contributed by atoms with Crippen LogP contribution in [0, 0.1) is 0 Å². The van der Waals surface area contributed by atoms with Crippen LogP contribution in [0.2, 0.25) is 34.5 Å². The van der Waals surface area contributed by atoms with Gasteiger partial charge in [-0.25, -0.2) is 14.0 Å². The molecule has 16 nitrogen and oxygen atoms in total. The Bertz CT molecular complexity index is 6240. The van der Waals surface area contributed by atoms with Gasteiger partial charge in [-0.15, -0.1) is 22.7 Å². The monoisotopic (exact) mass is 1790 g/mol. The number of hydrogen-bond donors (Lipinski definition) is 4. The lowest BCUT2D eigenvalue weighted by molar-refractivity contribution is 0.0789. The predicted octanol–water partition coefficient (Wildman–Crippen LogP) is 26.0. The Balaban J connectivity index is 0.000000150. The van der Waals surface area contributed by atoms with Gasteiger partial charge in [-0.1, -0.05) is 260 Å². The average Bonchev–Trinajstić information content (AvgIpc) is 1.61.